The molecule has 0 amide bonds. The first-order valence-electron chi connectivity index (χ1n) is 5.86. The first-order valence-corrected chi connectivity index (χ1v) is 5.86. The second-order valence-electron chi connectivity index (χ2n) is 4.23. The van der Waals surface area contributed by atoms with Crippen LogP contribution in [0.25, 0.3) is 0 Å². The van der Waals surface area contributed by atoms with E-state index >= 15 is 0 Å². The van der Waals surface area contributed by atoms with Crippen LogP contribution in [0.3, 0.4) is 0 Å². The molecule has 1 aromatic rings. The molecular formula is C13H10F3NO3. The van der Waals surface area contributed by atoms with Gasteiger partial charge in [0.05, 0.1) is 23.8 Å². The molecule has 0 aliphatic carbocycles. The van der Waals surface area contributed by atoms with Crippen LogP contribution in [0.15, 0.2) is 18.2 Å². The monoisotopic (exact) mass is 285 g/mol. The lowest BCUT2D eigenvalue weighted by Gasteiger charge is -2.22. The Morgan fingerprint density at radius 3 is 2.75 bits per heavy atom. The molecule has 106 valence electrons. The van der Waals surface area contributed by atoms with Crippen molar-refractivity contribution in [2.24, 2.45) is 0 Å². The molecule has 1 fully saturated rings. The summed E-state index contributed by atoms with van der Waals surface area (Å²) in [4.78, 5) is 11.4. The zero-order valence-corrected chi connectivity index (χ0v) is 10.2. The lowest BCUT2D eigenvalue weighted by Crippen LogP contribution is -2.33. The van der Waals surface area contributed by atoms with Crippen LogP contribution in [0.5, 0.6) is 5.75 Å². The highest BCUT2D eigenvalue weighted by Crippen LogP contribution is 2.34. The highest BCUT2D eigenvalue weighted by atomic mass is 19.4. The molecule has 1 unspecified atom stereocenters. The first-order chi connectivity index (χ1) is 9.41. The van der Waals surface area contributed by atoms with Crippen LogP contribution >= 0.6 is 0 Å². The van der Waals surface area contributed by atoms with Gasteiger partial charge >= 0.3 is 12.1 Å². The van der Waals surface area contributed by atoms with Gasteiger partial charge in [0, 0.05) is 0 Å². The normalized spacial score (nSPS) is 19.1. The molecule has 0 radical (unpaired) electrons. The Morgan fingerprint density at radius 2 is 2.15 bits per heavy atom. The number of nitrogens with zero attached hydrogens (tertiary/aromatic N) is 1. The fourth-order valence-electron chi connectivity index (χ4n) is 1.85. The molecule has 1 heterocycles. The molecule has 1 saturated heterocycles. The van der Waals surface area contributed by atoms with Crippen molar-refractivity contribution in [2.75, 3.05) is 6.61 Å². The summed E-state index contributed by atoms with van der Waals surface area (Å²) < 4.78 is 48.3. The number of carbonyl (C=O) groups excluding carboxylic acids is 1. The number of nitriles is 1. The van der Waals surface area contributed by atoms with E-state index < -0.39 is 29.4 Å². The maximum absolute atomic E-state index is 12.8. The van der Waals surface area contributed by atoms with Crippen molar-refractivity contribution < 1.29 is 27.4 Å². The van der Waals surface area contributed by atoms with Crippen LogP contribution < -0.4 is 4.74 Å². The minimum absolute atomic E-state index is 0.111. The van der Waals surface area contributed by atoms with Gasteiger partial charge < -0.3 is 9.47 Å². The zero-order valence-electron chi connectivity index (χ0n) is 10.2. The molecular weight excluding hydrogens is 275 g/mol. The van der Waals surface area contributed by atoms with Gasteiger partial charge in [0.15, 0.2) is 6.10 Å². The van der Waals surface area contributed by atoms with E-state index in [1.165, 1.54) is 12.1 Å². The van der Waals surface area contributed by atoms with Crippen LogP contribution in [0.4, 0.5) is 13.2 Å². The zero-order chi connectivity index (χ0) is 14.8. The van der Waals surface area contributed by atoms with Gasteiger partial charge in [-0.05, 0) is 31.0 Å². The lowest BCUT2D eigenvalue weighted by atomic mass is 10.1. The Hall–Kier alpha value is -2.23. The number of hydrogen-bond donors (Lipinski definition) is 0. The van der Waals surface area contributed by atoms with Crippen molar-refractivity contribution in [3.8, 4) is 11.8 Å². The average molecular weight is 285 g/mol. The number of cyclic esters (lactones) is 1. The number of alkyl halides is 3. The van der Waals surface area contributed by atoms with Gasteiger partial charge in [-0.1, -0.05) is 0 Å². The maximum atomic E-state index is 12.8. The van der Waals surface area contributed by atoms with E-state index in [-0.39, 0.29) is 5.75 Å². The standard InChI is InChI=1S/C13H10F3NO3/c14-13(15,16)10-6-9(4-3-8(10)7-17)20-11-2-1-5-19-12(11)18/h3-4,6,11H,1-2,5H2. The summed E-state index contributed by atoms with van der Waals surface area (Å²) in [6.45, 7) is 0.292. The van der Waals surface area contributed by atoms with Crippen LogP contribution in [-0.2, 0) is 15.7 Å². The fourth-order valence-corrected chi connectivity index (χ4v) is 1.85. The van der Waals surface area contributed by atoms with Gasteiger partial charge in [-0.15, -0.1) is 0 Å². The van der Waals surface area contributed by atoms with E-state index in [4.69, 9.17) is 14.7 Å². The molecule has 1 aromatic carbocycles. The molecule has 2 rings (SSSR count). The number of hydrogen-bond acceptors (Lipinski definition) is 4. The number of benzene rings is 1. The molecule has 0 bridgehead atoms. The number of esters is 1. The van der Waals surface area contributed by atoms with Gasteiger partial charge in [-0.25, -0.2) is 4.79 Å². The summed E-state index contributed by atoms with van der Waals surface area (Å²) in [6.07, 6.45) is -4.57. The third-order valence-corrected chi connectivity index (χ3v) is 2.81. The quantitative estimate of drug-likeness (QED) is 0.784. The van der Waals surface area contributed by atoms with Crippen LogP contribution in [0.2, 0.25) is 0 Å². The van der Waals surface area contributed by atoms with Crippen molar-refractivity contribution in [1.82, 2.24) is 0 Å². The summed E-state index contributed by atoms with van der Waals surface area (Å²) >= 11 is 0. The minimum Gasteiger partial charge on any atom is -0.479 e. The van der Waals surface area contributed by atoms with Gasteiger partial charge in [0.25, 0.3) is 0 Å². The molecule has 20 heavy (non-hydrogen) atoms. The van der Waals surface area contributed by atoms with E-state index in [0.717, 1.165) is 12.1 Å². The first kappa shape index (κ1) is 14.2. The van der Waals surface area contributed by atoms with E-state index in [1.54, 1.807) is 0 Å². The summed E-state index contributed by atoms with van der Waals surface area (Å²) in [5.74, 6) is -0.700. The van der Waals surface area contributed by atoms with E-state index in [9.17, 15) is 18.0 Å². The van der Waals surface area contributed by atoms with Gasteiger partial charge in [0.1, 0.15) is 5.75 Å². The summed E-state index contributed by atoms with van der Waals surface area (Å²) in [6, 6.07) is 4.45. The third kappa shape index (κ3) is 3.02. The topological polar surface area (TPSA) is 59.3 Å². The summed E-state index contributed by atoms with van der Waals surface area (Å²) in [5, 5.41) is 8.67. The van der Waals surface area contributed by atoms with Gasteiger partial charge in [-0.3, -0.25) is 0 Å². The van der Waals surface area contributed by atoms with Crippen molar-refractivity contribution in [2.45, 2.75) is 25.1 Å². The number of rotatable bonds is 2. The largest absolute Gasteiger partial charge is 0.479 e. The van der Waals surface area contributed by atoms with Crippen molar-refractivity contribution >= 4 is 5.97 Å². The number of carbonyl (C=O) groups is 1. The average Bonchev–Trinajstić information content (AvgIpc) is 2.40. The number of ether oxygens (including phenoxy) is 2. The highest BCUT2D eigenvalue weighted by molar-refractivity contribution is 5.75. The Morgan fingerprint density at radius 1 is 1.40 bits per heavy atom. The Bertz CT molecular complexity index is 563. The smallest absolute Gasteiger partial charge is 0.417 e. The molecule has 0 aromatic heterocycles. The van der Waals surface area contributed by atoms with Crippen LogP contribution in [0, 0.1) is 11.3 Å². The molecule has 1 aliphatic heterocycles. The van der Waals surface area contributed by atoms with Crippen molar-refractivity contribution in [1.29, 1.82) is 5.26 Å². The number of halogens is 3. The molecule has 1 aliphatic rings. The second kappa shape index (κ2) is 5.41. The van der Waals surface area contributed by atoms with Gasteiger partial charge in [-0.2, -0.15) is 18.4 Å². The molecule has 1 atom stereocenters. The maximum Gasteiger partial charge on any atom is 0.417 e. The second-order valence-corrected chi connectivity index (χ2v) is 4.23. The summed E-state index contributed by atoms with van der Waals surface area (Å²) in [7, 11) is 0. The highest BCUT2D eigenvalue weighted by Gasteiger charge is 2.34. The van der Waals surface area contributed by atoms with Crippen molar-refractivity contribution in [3.63, 3.8) is 0 Å². The third-order valence-electron chi connectivity index (χ3n) is 2.81. The summed E-state index contributed by atoms with van der Waals surface area (Å²) in [5.41, 5.74) is -1.57. The van der Waals surface area contributed by atoms with Gasteiger partial charge in [0.2, 0.25) is 0 Å². The molecule has 0 N–H and O–H groups in total. The fraction of sp³-hybridized carbons (Fsp3) is 0.385. The Balaban J connectivity index is 2.25. The van der Waals surface area contributed by atoms with Crippen LogP contribution in [0.1, 0.15) is 24.0 Å². The van der Waals surface area contributed by atoms with E-state index in [2.05, 4.69) is 0 Å². The molecule has 4 nitrogen and oxygen atoms in total. The predicted molar refractivity (Wildman–Crippen MR) is 60.8 cm³/mol. The predicted octanol–water partition coefficient (Wildman–Crippen LogP) is 2.66. The van der Waals surface area contributed by atoms with Crippen molar-refractivity contribution in [3.05, 3.63) is 29.3 Å². The van der Waals surface area contributed by atoms with E-state index in [1.807, 2.05) is 0 Å². The molecule has 0 spiro atoms. The van der Waals surface area contributed by atoms with Crippen LogP contribution in [-0.4, -0.2) is 18.7 Å². The molecule has 0 saturated carbocycles. The van der Waals surface area contributed by atoms with E-state index in [0.29, 0.717) is 19.4 Å². The lowest BCUT2D eigenvalue weighted by molar-refractivity contribution is -0.156. The minimum atomic E-state index is -4.66. The Labute approximate surface area is 112 Å². The SMILES string of the molecule is N#Cc1ccc(OC2CCCOC2=O)cc1C(F)(F)F. The Kier molecular flexibility index (Phi) is 3.84. The molecule has 7 heteroatoms.